The van der Waals surface area contributed by atoms with Crippen molar-refractivity contribution in [1.29, 1.82) is 0 Å². The van der Waals surface area contributed by atoms with Gasteiger partial charge in [0.05, 0.1) is 0 Å². The first-order valence-corrected chi connectivity index (χ1v) is 12.3. The molecule has 3 aliphatic heterocycles. The van der Waals surface area contributed by atoms with E-state index in [0.29, 0.717) is 35.2 Å². The lowest BCUT2D eigenvalue weighted by atomic mass is 9.75. The number of amides is 4. The summed E-state index contributed by atoms with van der Waals surface area (Å²) in [5.41, 5.74) is 0.0810. The number of barbiturate groups is 1. The van der Waals surface area contributed by atoms with E-state index in [0.717, 1.165) is 21.9 Å². The molecule has 2 aromatic rings. The van der Waals surface area contributed by atoms with Crippen molar-refractivity contribution in [3.63, 3.8) is 0 Å². The third-order valence-corrected chi connectivity index (χ3v) is 8.15. The fourth-order valence-electron chi connectivity index (χ4n) is 5.97. The van der Waals surface area contributed by atoms with Crippen LogP contribution in [0.1, 0.15) is 23.6 Å². The number of imide groups is 2. The maximum atomic E-state index is 13.7. The van der Waals surface area contributed by atoms with Crippen molar-refractivity contribution in [2.45, 2.75) is 25.3 Å². The molecule has 0 spiro atoms. The number of carbonyl (C=O) groups excluding carboxylic acids is 3. The van der Waals surface area contributed by atoms with Crippen LogP contribution in [0.25, 0.3) is 0 Å². The van der Waals surface area contributed by atoms with Gasteiger partial charge in [0, 0.05) is 68.0 Å². The first kappa shape index (κ1) is 24.0. The summed E-state index contributed by atoms with van der Waals surface area (Å²) in [7, 11) is 2.80. The molecule has 0 saturated carbocycles. The zero-order valence-electron chi connectivity index (χ0n) is 19.5. The molecule has 4 amide bonds. The van der Waals surface area contributed by atoms with Crippen LogP contribution < -0.4 is 5.56 Å². The van der Waals surface area contributed by atoms with Gasteiger partial charge in [-0.1, -0.05) is 35.3 Å². The van der Waals surface area contributed by atoms with E-state index < -0.39 is 23.3 Å². The molecular formula is C25H26Cl2N4O4. The van der Waals surface area contributed by atoms with Crippen molar-refractivity contribution in [1.82, 2.24) is 19.3 Å². The van der Waals surface area contributed by atoms with Gasteiger partial charge in [-0.3, -0.25) is 24.2 Å². The molecule has 8 nitrogen and oxygen atoms in total. The highest BCUT2D eigenvalue weighted by atomic mass is 35.5. The normalized spacial score (nSPS) is 24.1. The maximum Gasteiger partial charge on any atom is 0.332 e. The zero-order valence-corrected chi connectivity index (χ0v) is 21.1. The number of benzene rings is 1. The lowest BCUT2D eigenvalue weighted by molar-refractivity contribution is -0.159. The smallest absolute Gasteiger partial charge is 0.312 e. The molecule has 0 N–H and O–H groups in total. The Bertz CT molecular complexity index is 1270. The quantitative estimate of drug-likeness (QED) is 0.583. The zero-order chi connectivity index (χ0) is 25.1. The number of likely N-dealkylation sites (tertiary alicyclic amines) is 1. The van der Waals surface area contributed by atoms with E-state index in [1.165, 1.54) is 14.1 Å². The number of piperidine rings is 1. The molecule has 0 aliphatic carbocycles. The van der Waals surface area contributed by atoms with Crippen molar-refractivity contribution >= 4 is 41.0 Å². The summed E-state index contributed by atoms with van der Waals surface area (Å²) in [6, 6.07) is 9.66. The molecule has 2 unspecified atom stereocenters. The highest BCUT2D eigenvalue weighted by Crippen LogP contribution is 2.40. The van der Waals surface area contributed by atoms with Crippen LogP contribution in [0.5, 0.6) is 0 Å². The molecule has 1 aromatic heterocycles. The molecule has 1 aromatic carbocycles. The highest BCUT2D eigenvalue weighted by molar-refractivity contribution is 6.35. The van der Waals surface area contributed by atoms with Crippen LogP contribution >= 0.6 is 23.2 Å². The number of fused-ring (bicyclic) bond motifs is 4. The van der Waals surface area contributed by atoms with Gasteiger partial charge >= 0.3 is 6.03 Å². The lowest BCUT2D eigenvalue weighted by Gasteiger charge is -2.48. The lowest BCUT2D eigenvalue weighted by Crippen LogP contribution is -2.67. The number of nitrogens with zero attached hydrogens (tertiary/aromatic N) is 4. The van der Waals surface area contributed by atoms with Crippen molar-refractivity contribution in [2.75, 3.05) is 33.7 Å². The third-order valence-electron chi connectivity index (χ3n) is 7.56. The largest absolute Gasteiger partial charge is 0.332 e. The summed E-state index contributed by atoms with van der Waals surface area (Å²) in [5.74, 6) is -0.727. The van der Waals surface area contributed by atoms with Gasteiger partial charge in [-0.25, -0.2) is 4.79 Å². The number of hydrogen-bond donors (Lipinski definition) is 0. The maximum absolute atomic E-state index is 13.7. The number of halogens is 2. The minimum Gasteiger partial charge on any atom is -0.312 e. The molecule has 5 rings (SSSR count). The van der Waals surface area contributed by atoms with E-state index in [-0.39, 0.29) is 30.4 Å². The second-order valence-corrected chi connectivity index (χ2v) is 10.7. The molecule has 2 fully saturated rings. The molecule has 3 aliphatic rings. The summed E-state index contributed by atoms with van der Waals surface area (Å²) >= 11 is 12.5. The summed E-state index contributed by atoms with van der Waals surface area (Å²) in [6.45, 7) is 2.02. The van der Waals surface area contributed by atoms with Gasteiger partial charge in [0.25, 0.3) is 5.56 Å². The second-order valence-electron chi connectivity index (χ2n) is 9.90. The Morgan fingerprint density at radius 1 is 0.943 bits per heavy atom. The molecule has 10 heteroatoms. The standard InChI is InChI=1S/C25H26Cl2N4O4/c1-28-22(33)25(23(34)29(2)24(28)35,10-16-6-7-18(26)9-19(16)27)14-30-11-15-8-17(13-30)20-4-3-5-21(32)31(20)12-15/h3-7,9,15,17H,8,10-14H2,1-2H3. The van der Waals surface area contributed by atoms with Gasteiger partial charge in [-0.15, -0.1) is 0 Å². The first-order chi connectivity index (χ1) is 16.6. The van der Waals surface area contributed by atoms with Crippen LogP contribution in [0.15, 0.2) is 41.2 Å². The van der Waals surface area contributed by atoms with Gasteiger partial charge in [0.1, 0.15) is 5.41 Å². The number of pyridine rings is 1. The predicted molar refractivity (Wildman–Crippen MR) is 132 cm³/mol. The number of aromatic nitrogens is 1. The van der Waals surface area contributed by atoms with Gasteiger partial charge in [-0.05, 0) is 42.5 Å². The molecule has 2 atom stereocenters. The van der Waals surface area contributed by atoms with Crippen molar-refractivity contribution in [2.24, 2.45) is 11.3 Å². The summed E-state index contributed by atoms with van der Waals surface area (Å²) < 4.78 is 1.84. The van der Waals surface area contributed by atoms with Crippen LogP contribution in [-0.2, 0) is 22.6 Å². The molecule has 2 bridgehead atoms. The fourth-order valence-corrected chi connectivity index (χ4v) is 6.45. The number of urea groups is 1. The predicted octanol–water partition coefficient (Wildman–Crippen LogP) is 2.85. The Kier molecular flexibility index (Phi) is 6.02. The fraction of sp³-hybridized carbons (Fsp3) is 0.440. The Morgan fingerprint density at radius 2 is 1.66 bits per heavy atom. The van der Waals surface area contributed by atoms with E-state index in [1.54, 1.807) is 30.3 Å². The Morgan fingerprint density at radius 3 is 2.34 bits per heavy atom. The van der Waals surface area contributed by atoms with E-state index >= 15 is 0 Å². The Hall–Kier alpha value is -2.68. The van der Waals surface area contributed by atoms with E-state index in [4.69, 9.17) is 23.2 Å². The van der Waals surface area contributed by atoms with Gasteiger partial charge in [-0.2, -0.15) is 0 Å². The second kappa shape index (κ2) is 8.76. The summed E-state index contributed by atoms with van der Waals surface area (Å²) in [6.07, 6.45) is 1.00. The Balaban J connectivity index is 1.52. The Labute approximate surface area is 213 Å². The van der Waals surface area contributed by atoms with Crippen LogP contribution in [-0.4, -0.2) is 70.8 Å². The van der Waals surface area contributed by atoms with Crippen LogP contribution in [0.4, 0.5) is 4.79 Å². The van der Waals surface area contributed by atoms with Crippen molar-refractivity contribution in [3.05, 3.63) is 68.1 Å². The van der Waals surface area contributed by atoms with Gasteiger partial charge in [0.15, 0.2) is 0 Å². The monoisotopic (exact) mass is 516 g/mol. The van der Waals surface area contributed by atoms with Gasteiger partial charge in [0.2, 0.25) is 11.8 Å². The van der Waals surface area contributed by atoms with Crippen LogP contribution in [0.3, 0.4) is 0 Å². The van der Waals surface area contributed by atoms with Crippen molar-refractivity contribution < 1.29 is 14.4 Å². The summed E-state index contributed by atoms with van der Waals surface area (Å²) in [4.78, 5) is 56.5. The minimum absolute atomic E-state index is 0.00102. The molecule has 4 heterocycles. The first-order valence-electron chi connectivity index (χ1n) is 11.6. The molecule has 0 radical (unpaired) electrons. The third kappa shape index (κ3) is 3.97. The number of hydrogen-bond acceptors (Lipinski definition) is 5. The topological polar surface area (TPSA) is 82.9 Å². The SMILES string of the molecule is CN1C(=O)N(C)C(=O)C(Cc2ccc(Cl)cc2Cl)(CN2CC3CC(C2)c2cccc(=O)n2C3)C1=O. The number of rotatable bonds is 4. The van der Waals surface area contributed by atoms with Crippen molar-refractivity contribution in [3.8, 4) is 0 Å². The minimum atomic E-state index is -1.52. The van der Waals surface area contributed by atoms with E-state index in [1.807, 2.05) is 10.6 Å². The van der Waals surface area contributed by atoms with Gasteiger partial charge < -0.3 is 9.47 Å². The summed E-state index contributed by atoms with van der Waals surface area (Å²) in [5, 5.41) is 0.819. The van der Waals surface area contributed by atoms with E-state index in [9.17, 15) is 19.2 Å². The average molecular weight is 517 g/mol. The van der Waals surface area contributed by atoms with E-state index in [2.05, 4.69) is 4.90 Å². The molecule has 184 valence electrons. The number of carbonyl (C=O) groups is 3. The van der Waals surface area contributed by atoms with Crippen LogP contribution in [0.2, 0.25) is 10.0 Å². The highest BCUT2D eigenvalue weighted by Gasteiger charge is 2.56. The molecule has 2 saturated heterocycles. The molecular weight excluding hydrogens is 491 g/mol. The molecule has 35 heavy (non-hydrogen) atoms. The average Bonchev–Trinajstić information content (AvgIpc) is 2.82. The van der Waals surface area contributed by atoms with Crippen LogP contribution in [0, 0.1) is 11.3 Å².